The molecule has 0 radical (unpaired) electrons. The zero-order valence-corrected chi connectivity index (χ0v) is 37.7. The van der Waals surface area contributed by atoms with Crippen LogP contribution < -0.4 is 30.2 Å². The van der Waals surface area contributed by atoms with Gasteiger partial charge in [0.1, 0.15) is 39.1 Å². The molecule has 0 spiro atoms. The van der Waals surface area contributed by atoms with E-state index in [1.165, 1.54) is 98.3 Å². The van der Waals surface area contributed by atoms with Crippen LogP contribution in [0.1, 0.15) is 49.9 Å². The summed E-state index contributed by atoms with van der Waals surface area (Å²) in [5.74, 6) is 4.19. The highest BCUT2D eigenvalue weighted by Gasteiger charge is 2.45. The zero-order valence-electron chi connectivity index (χ0n) is 35.7. The van der Waals surface area contributed by atoms with Crippen molar-refractivity contribution in [2.24, 2.45) is 0 Å². The fourth-order valence-electron chi connectivity index (χ4n) is 11.4. The summed E-state index contributed by atoms with van der Waals surface area (Å²) in [6.07, 6.45) is 0. The van der Waals surface area contributed by atoms with E-state index in [0.29, 0.717) is 0 Å². The molecule has 0 aromatic heterocycles. The smallest absolute Gasteiger partial charge is 0.135 e. The second-order valence-corrected chi connectivity index (χ2v) is 28.4. The maximum Gasteiger partial charge on any atom is 0.135 e. The molecule has 0 bridgehead atoms. The van der Waals surface area contributed by atoms with Crippen molar-refractivity contribution in [1.82, 2.24) is 0 Å². The van der Waals surface area contributed by atoms with Crippen molar-refractivity contribution in [2.75, 3.05) is 0 Å². The first-order valence-electron chi connectivity index (χ1n) is 21.5. The molecule has 4 aliphatic rings. The monoisotopic (exact) mass is 808 g/mol. The summed E-state index contributed by atoms with van der Waals surface area (Å²) < 4.78 is 13.7. The molecule has 292 valence electrons. The van der Waals surface area contributed by atoms with Crippen molar-refractivity contribution in [2.45, 2.75) is 64.7 Å². The Bertz CT molecular complexity index is 3000. The predicted octanol–water partition coefficient (Wildman–Crippen LogP) is 12.6. The number of para-hydroxylation sites is 2. The van der Waals surface area contributed by atoms with Crippen LogP contribution in [0.5, 0.6) is 23.0 Å². The molecule has 0 fully saturated rings. The lowest BCUT2D eigenvalue weighted by atomic mass is 9.81. The van der Waals surface area contributed by atoms with Crippen LogP contribution in [0, 0.1) is 0 Å². The molecule has 4 heteroatoms. The third kappa shape index (κ3) is 4.69. The van der Waals surface area contributed by atoms with Crippen LogP contribution in [0.2, 0.25) is 26.2 Å². The molecule has 0 unspecified atom stereocenters. The summed E-state index contributed by atoms with van der Waals surface area (Å²) in [4.78, 5) is 0. The van der Waals surface area contributed by atoms with Gasteiger partial charge in [0.2, 0.25) is 0 Å². The molecule has 2 aliphatic carbocycles. The van der Waals surface area contributed by atoms with Crippen molar-refractivity contribution in [3.8, 4) is 67.5 Å². The standard InChI is InChI=1S/C56H48O2Si2/c1-55(2)41-25-27-49-53(57-45-13-9-11-15-47(45)59(49,5)6)51(41)39-23-21-37(31-43(39)55)35-19-17-34-30-36(20-18-33(34)29-35)38-22-24-40-44(32-38)56(3,4)42-26-28-50-54(52(40)42)58-46-14-10-12-16-48(46)60(50,7)8/h9-32H,1-8H3. The first-order chi connectivity index (χ1) is 28.7. The number of rotatable bonds is 2. The normalized spacial score (nSPS) is 17.1. The largest absolute Gasteiger partial charge is 0.457 e. The molecule has 0 N–H and O–H groups in total. The first-order valence-corrected chi connectivity index (χ1v) is 27.5. The summed E-state index contributed by atoms with van der Waals surface area (Å²) in [7, 11) is -3.86. The van der Waals surface area contributed by atoms with Crippen LogP contribution in [0.4, 0.5) is 0 Å². The van der Waals surface area contributed by atoms with E-state index in [9.17, 15) is 0 Å². The van der Waals surface area contributed by atoms with E-state index in [1.54, 1.807) is 0 Å². The van der Waals surface area contributed by atoms with Gasteiger partial charge in [-0.3, -0.25) is 0 Å². The number of ether oxygens (including phenoxy) is 2. The van der Waals surface area contributed by atoms with Crippen molar-refractivity contribution in [3.05, 3.63) is 168 Å². The molecular formula is C56H48O2Si2. The maximum atomic E-state index is 6.83. The molecule has 2 nitrogen and oxygen atoms in total. The Morgan fingerprint density at radius 1 is 0.367 bits per heavy atom. The number of benzene rings is 8. The Hall–Kier alpha value is -5.95. The quantitative estimate of drug-likeness (QED) is 0.162. The highest BCUT2D eigenvalue weighted by molar-refractivity contribution is 7.02. The molecule has 8 aromatic carbocycles. The van der Waals surface area contributed by atoms with Crippen LogP contribution in [-0.2, 0) is 10.8 Å². The minimum absolute atomic E-state index is 0.143. The van der Waals surface area contributed by atoms with Gasteiger partial charge in [-0.1, -0.05) is 163 Å². The molecular weight excluding hydrogens is 761 g/mol. The molecule has 8 aromatic rings. The molecule has 2 heterocycles. The Morgan fingerprint density at radius 2 is 0.750 bits per heavy atom. The summed E-state index contributed by atoms with van der Waals surface area (Å²) in [6.45, 7) is 19.3. The van der Waals surface area contributed by atoms with Crippen LogP contribution in [0.25, 0.3) is 55.3 Å². The number of hydrogen-bond acceptors (Lipinski definition) is 2. The third-order valence-electron chi connectivity index (χ3n) is 15.0. The van der Waals surface area contributed by atoms with E-state index in [1.807, 2.05) is 0 Å². The Morgan fingerprint density at radius 3 is 1.18 bits per heavy atom. The third-order valence-corrected chi connectivity index (χ3v) is 22.0. The van der Waals surface area contributed by atoms with Crippen molar-refractivity contribution in [3.63, 3.8) is 0 Å². The van der Waals surface area contributed by atoms with E-state index in [4.69, 9.17) is 9.47 Å². The van der Waals surface area contributed by atoms with Crippen LogP contribution in [0.3, 0.4) is 0 Å². The van der Waals surface area contributed by atoms with Gasteiger partial charge >= 0.3 is 0 Å². The molecule has 0 saturated carbocycles. The summed E-state index contributed by atoms with van der Waals surface area (Å²) >= 11 is 0. The van der Waals surface area contributed by atoms with E-state index in [0.717, 1.165) is 23.0 Å². The average Bonchev–Trinajstić information content (AvgIpc) is 3.62. The van der Waals surface area contributed by atoms with Crippen LogP contribution >= 0.6 is 0 Å². The van der Waals surface area contributed by atoms with E-state index in [2.05, 4.69) is 199 Å². The highest BCUT2D eigenvalue weighted by atomic mass is 28.3. The first kappa shape index (κ1) is 36.0. The highest BCUT2D eigenvalue weighted by Crippen LogP contribution is 2.56. The maximum absolute atomic E-state index is 6.83. The zero-order chi connectivity index (χ0) is 41.1. The molecule has 0 atom stereocenters. The summed E-state index contributed by atoms with van der Waals surface area (Å²) in [6, 6.07) is 54.9. The van der Waals surface area contributed by atoms with Gasteiger partial charge in [0, 0.05) is 22.0 Å². The van der Waals surface area contributed by atoms with E-state index >= 15 is 0 Å². The van der Waals surface area contributed by atoms with Crippen molar-refractivity contribution < 1.29 is 9.47 Å². The molecule has 60 heavy (non-hydrogen) atoms. The van der Waals surface area contributed by atoms with Gasteiger partial charge in [-0.15, -0.1) is 0 Å². The second kappa shape index (κ2) is 11.9. The van der Waals surface area contributed by atoms with Gasteiger partial charge in [0.15, 0.2) is 0 Å². The van der Waals surface area contributed by atoms with Gasteiger partial charge in [0.05, 0.1) is 0 Å². The van der Waals surface area contributed by atoms with Gasteiger partial charge in [0.25, 0.3) is 0 Å². The van der Waals surface area contributed by atoms with E-state index < -0.39 is 16.1 Å². The fourth-order valence-corrected chi connectivity index (χ4v) is 17.0. The minimum Gasteiger partial charge on any atom is -0.457 e. The van der Waals surface area contributed by atoms with Gasteiger partial charge in [-0.2, -0.15) is 0 Å². The summed E-state index contributed by atoms with van der Waals surface area (Å²) in [5.41, 5.74) is 15.3. The van der Waals surface area contributed by atoms with E-state index in [-0.39, 0.29) is 10.8 Å². The average molecular weight is 809 g/mol. The van der Waals surface area contributed by atoms with Crippen molar-refractivity contribution >= 4 is 47.7 Å². The second-order valence-electron chi connectivity index (χ2n) is 19.7. The molecule has 0 amide bonds. The van der Waals surface area contributed by atoms with Crippen LogP contribution in [-0.4, -0.2) is 16.1 Å². The molecule has 12 rings (SSSR count). The topological polar surface area (TPSA) is 18.5 Å². The fraction of sp³-hybridized carbons (Fsp3) is 0.179. The van der Waals surface area contributed by atoms with Gasteiger partial charge in [-0.05, 0) is 124 Å². The SMILES string of the molecule is CC1(C)c2cc(-c3ccc4cc(-c5ccc6c(c5)C(C)(C)c5ccc7c(c5-6)Oc5ccccc5[Si]7(C)C)ccc4c3)ccc2-c2c1ccc1c2Oc2ccccc2[Si]1(C)C. The predicted molar refractivity (Wildman–Crippen MR) is 256 cm³/mol. The van der Waals surface area contributed by atoms with Gasteiger partial charge < -0.3 is 9.47 Å². The van der Waals surface area contributed by atoms with Gasteiger partial charge in [-0.25, -0.2) is 0 Å². The summed E-state index contributed by atoms with van der Waals surface area (Å²) in [5, 5.41) is 8.03. The molecule has 0 saturated heterocycles. The lowest BCUT2D eigenvalue weighted by molar-refractivity contribution is 0.487. The lowest BCUT2D eigenvalue weighted by Gasteiger charge is -2.34. The minimum atomic E-state index is -1.93. The number of fused-ring (bicyclic) bond motifs is 13. The van der Waals surface area contributed by atoms with Crippen LogP contribution in [0.15, 0.2) is 146 Å². The molecule has 2 aliphatic heterocycles. The Labute approximate surface area is 355 Å². The van der Waals surface area contributed by atoms with Crippen molar-refractivity contribution in [1.29, 1.82) is 0 Å². The Kier molecular flexibility index (Phi) is 7.11. The lowest BCUT2D eigenvalue weighted by Crippen LogP contribution is -2.56. The Balaban J connectivity index is 0.887. The number of hydrogen-bond donors (Lipinski definition) is 0.